The van der Waals surface area contributed by atoms with E-state index in [0.29, 0.717) is 11.3 Å². The van der Waals surface area contributed by atoms with E-state index in [0.717, 1.165) is 12.3 Å². The summed E-state index contributed by atoms with van der Waals surface area (Å²) in [5, 5.41) is 5.55. The van der Waals surface area contributed by atoms with Gasteiger partial charge in [-0.25, -0.2) is 4.98 Å². The SMILES string of the molecule is O=C(NCc1cn2cc(C(F)(F)F)ccc2n1)C1=CC(=O)N2C=CC=CC2N1. The Morgan fingerprint density at radius 1 is 1.25 bits per heavy atom. The van der Waals surface area contributed by atoms with Crippen molar-refractivity contribution in [3.63, 3.8) is 0 Å². The molecule has 1 unspecified atom stereocenters. The number of nitrogens with zero attached hydrogens (tertiary/aromatic N) is 3. The number of fused-ring (bicyclic) bond motifs is 2. The Balaban J connectivity index is 1.45. The summed E-state index contributed by atoms with van der Waals surface area (Å²) in [5.41, 5.74) is 0.0336. The summed E-state index contributed by atoms with van der Waals surface area (Å²) in [5.74, 6) is -0.842. The van der Waals surface area contributed by atoms with Crippen molar-refractivity contribution in [2.24, 2.45) is 0 Å². The number of rotatable bonds is 3. The van der Waals surface area contributed by atoms with E-state index in [1.54, 1.807) is 24.4 Å². The van der Waals surface area contributed by atoms with Crippen molar-refractivity contribution in [2.75, 3.05) is 0 Å². The van der Waals surface area contributed by atoms with Crippen LogP contribution in [0.4, 0.5) is 13.2 Å². The fourth-order valence-electron chi connectivity index (χ4n) is 2.92. The summed E-state index contributed by atoms with van der Waals surface area (Å²) >= 11 is 0. The van der Waals surface area contributed by atoms with E-state index in [1.165, 1.54) is 27.6 Å². The van der Waals surface area contributed by atoms with Gasteiger partial charge in [0, 0.05) is 24.7 Å². The number of carbonyl (C=O) groups is 2. The highest BCUT2D eigenvalue weighted by Gasteiger charge is 2.31. The van der Waals surface area contributed by atoms with Crippen LogP contribution in [0.25, 0.3) is 5.65 Å². The number of alkyl halides is 3. The second-order valence-corrected chi connectivity index (χ2v) is 6.22. The Bertz CT molecular complexity index is 1050. The molecule has 0 radical (unpaired) electrons. The second kappa shape index (κ2) is 6.55. The van der Waals surface area contributed by atoms with Gasteiger partial charge in [-0.3, -0.25) is 14.5 Å². The monoisotopic (exact) mass is 389 g/mol. The van der Waals surface area contributed by atoms with E-state index in [9.17, 15) is 22.8 Å². The summed E-state index contributed by atoms with van der Waals surface area (Å²) < 4.78 is 39.6. The minimum absolute atomic E-state index is 0.000796. The first-order chi connectivity index (χ1) is 13.3. The molecule has 2 aromatic heterocycles. The molecule has 4 heterocycles. The molecule has 144 valence electrons. The third kappa shape index (κ3) is 3.36. The van der Waals surface area contributed by atoms with Crippen LogP contribution in [-0.4, -0.2) is 32.3 Å². The average Bonchev–Trinajstić information content (AvgIpc) is 3.07. The highest BCUT2D eigenvalue weighted by Crippen LogP contribution is 2.29. The lowest BCUT2D eigenvalue weighted by Gasteiger charge is -2.33. The number of halogens is 3. The summed E-state index contributed by atoms with van der Waals surface area (Å²) in [6.07, 6.45) is 5.46. The first kappa shape index (κ1) is 17.8. The molecule has 2 aromatic rings. The zero-order valence-electron chi connectivity index (χ0n) is 14.3. The van der Waals surface area contributed by atoms with Gasteiger partial charge < -0.3 is 15.0 Å². The highest BCUT2D eigenvalue weighted by molar-refractivity contribution is 6.02. The van der Waals surface area contributed by atoms with Crippen LogP contribution in [0.3, 0.4) is 0 Å². The second-order valence-electron chi connectivity index (χ2n) is 6.22. The number of hydrogen-bond donors (Lipinski definition) is 2. The van der Waals surface area contributed by atoms with Gasteiger partial charge in [0.05, 0.1) is 17.8 Å². The van der Waals surface area contributed by atoms with Crippen LogP contribution in [-0.2, 0) is 22.3 Å². The zero-order chi connectivity index (χ0) is 19.9. The molecule has 2 amide bonds. The molecule has 0 bridgehead atoms. The normalized spacial score (nSPS) is 18.7. The van der Waals surface area contributed by atoms with Crippen molar-refractivity contribution < 1.29 is 22.8 Å². The van der Waals surface area contributed by atoms with Gasteiger partial charge >= 0.3 is 6.18 Å². The number of aromatic nitrogens is 2. The molecule has 0 saturated heterocycles. The van der Waals surface area contributed by atoms with Gasteiger partial charge in [-0.1, -0.05) is 6.08 Å². The molecular formula is C18H14F3N5O2. The summed E-state index contributed by atoms with van der Waals surface area (Å²) in [6, 6.07) is 2.21. The summed E-state index contributed by atoms with van der Waals surface area (Å²) in [7, 11) is 0. The van der Waals surface area contributed by atoms with Crippen molar-refractivity contribution in [2.45, 2.75) is 18.9 Å². The molecule has 10 heteroatoms. The molecule has 0 aromatic carbocycles. The molecule has 4 rings (SSSR count). The molecule has 28 heavy (non-hydrogen) atoms. The molecule has 2 N–H and O–H groups in total. The minimum atomic E-state index is -4.45. The van der Waals surface area contributed by atoms with Crippen molar-refractivity contribution in [3.8, 4) is 0 Å². The first-order valence-electron chi connectivity index (χ1n) is 8.30. The number of amides is 2. The van der Waals surface area contributed by atoms with Gasteiger partial charge in [0.2, 0.25) is 0 Å². The molecule has 0 aliphatic carbocycles. The van der Waals surface area contributed by atoms with E-state index in [1.807, 2.05) is 0 Å². The summed E-state index contributed by atoms with van der Waals surface area (Å²) in [4.78, 5) is 30.1. The van der Waals surface area contributed by atoms with Crippen LogP contribution in [0.1, 0.15) is 11.3 Å². The van der Waals surface area contributed by atoms with E-state index >= 15 is 0 Å². The maximum atomic E-state index is 12.8. The van der Waals surface area contributed by atoms with Crippen molar-refractivity contribution in [3.05, 3.63) is 72.0 Å². The van der Waals surface area contributed by atoms with Gasteiger partial charge in [0.1, 0.15) is 17.5 Å². The third-order valence-electron chi connectivity index (χ3n) is 4.28. The molecule has 0 saturated carbocycles. The fraction of sp³-hybridized carbons (Fsp3) is 0.167. The Morgan fingerprint density at radius 2 is 2.07 bits per heavy atom. The van der Waals surface area contributed by atoms with Crippen LogP contribution in [0.15, 0.2) is 60.7 Å². The lowest BCUT2D eigenvalue weighted by Crippen LogP contribution is -2.51. The van der Waals surface area contributed by atoms with Gasteiger partial charge in [0.15, 0.2) is 0 Å². The standard InChI is InChI=1S/C18H14F3N5O2/c19-18(20,21)11-4-5-14-23-12(10-25(14)9-11)8-22-17(28)13-7-16(27)26-6-2-1-3-15(26)24-13/h1-7,9-10,15,24H,8H2,(H,22,28). The number of carbonyl (C=O) groups excluding carboxylic acids is 2. The number of pyridine rings is 1. The van der Waals surface area contributed by atoms with Gasteiger partial charge in [0.25, 0.3) is 11.8 Å². The average molecular weight is 389 g/mol. The molecule has 2 aliphatic heterocycles. The molecule has 0 fully saturated rings. The zero-order valence-corrected chi connectivity index (χ0v) is 14.3. The predicted octanol–water partition coefficient (Wildman–Crippen LogP) is 1.69. The highest BCUT2D eigenvalue weighted by atomic mass is 19.4. The maximum absolute atomic E-state index is 12.8. The number of allylic oxidation sites excluding steroid dienone is 2. The van der Waals surface area contributed by atoms with Crippen LogP contribution >= 0.6 is 0 Å². The molecule has 7 nitrogen and oxygen atoms in total. The number of imidazole rings is 1. The van der Waals surface area contributed by atoms with Crippen molar-refractivity contribution in [1.82, 2.24) is 24.9 Å². The van der Waals surface area contributed by atoms with Crippen LogP contribution < -0.4 is 10.6 Å². The minimum Gasteiger partial charge on any atom is -0.357 e. The van der Waals surface area contributed by atoms with Crippen LogP contribution in [0.2, 0.25) is 0 Å². The smallest absolute Gasteiger partial charge is 0.357 e. The Labute approximate surface area is 156 Å². The molecule has 1 atom stereocenters. The summed E-state index contributed by atoms with van der Waals surface area (Å²) in [6.45, 7) is -0.000796. The molecule has 2 aliphatic rings. The Hall–Kier alpha value is -3.56. The van der Waals surface area contributed by atoms with Gasteiger partial charge in [-0.05, 0) is 24.3 Å². The Kier molecular flexibility index (Phi) is 4.17. The predicted molar refractivity (Wildman–Crippen MR) is 92.2 cm³/mol. The van der Waals surface area contributed by atoms with Crippen LogP contribution in [0.5, 0.6) is 0 Å². The Morgan fingerprint density at radius 3 is 2.86 bits per heavy atom. The van der Waals surface area contributed by atoms with Crippen molar-refractivity contribution >= 4 is 17.5 Å². The lowest BCUT2D eigenvalue weighted by molar-refractivity contribution is -0.137. The first-order valence-corrected chi connectivity index (χ1v) is 8.30. The number of hydrogen-bond acceptors (Lipinski definition) is 4. The lowest BCUT2D eigenvalue weighted by atomic mass is 10.2. The third-order valence-corrected chi connectivity index (χ3v) is 4.28. The van der Waals surface area contributed by atoms with Gasteiger partial charge in [-0.15, -0.1) is 0 Å². The van der Waals surface area contributed by atoms with Crippen molar-refractivity contribution in [1.29, 1.82) is 0 Å². The molecular weight excluding hydrogens is 375 g/mol. The van der Waals surface area contributed by atoms with Crippen LogP contribution in [0, 0.1) is 0 Å². The molecule has 0 spiro atoms. The van der Waals surface area contributed by atoms with E-state index < -0.39 is 23.8 Å². The topological polar surface area (TPSA) is 78.7 Å². The fourth-order valence-corrected chi connectivity index (χ4v) is 2.92. The van der Waals surface area contributed by atoms with E-state index in [-0.39, 0.29) is 18.1 Å². The van der Waals surface area contributed by atoms with Gasteiger partial charge in [-0.2, -0.15) is 13.2 Å². The maximum Gasteiger partial charge on any atom is 0.417 e. The quantitative estimate of drug-likeness (QED) is 0.838. The van der Waals surface area contributed by atoms with E-state index in [4.69, 9.17) is 0 Å². The largest absolute Gasteiger partial charge is 0.417 e. The van der Waals surface area contributed by atoms with E-state index in [2.05, 4.69) is 15.6 Å². The number of nitrogens with one attached hydrogen (secondary N) is 2.